The SMILES string of the molecule is C[C@@H](NC(=O)C1=CN2CCS(=O)(=O)N=C2C=C1)C(=O)O. The fourth-order valence-corrected chi connectivity index (χ4v) is 2.65. The lowest BCUT2D eigenvalue weighted by molar-refractivity contribution is -0.140. The molecule has 0 spiro atoms. The van der Waals surface area contributed by atoms with Crippen LogP contribution in [0.25, 0.3) is 0 Å². The van der Waals surface area contributed by atoms with Gasteiger partial charge in [0.05, 0.1) is 11.3 Å². The molecule has 2 aliphatic heterocycles. The zero-order chi connectivity index (χ0) is 14.9. The van der Waals surface area contributed by atoms with Crippen LogP contribution in [-0.4, -0.2) is 54.5 Å². The highest BCUT2D eigenvalue weighted by Crippen LogP contribution is 2.15. The van der Waals surface area contributed by atoms with Gasteiger partial charge >= 0.3 is 5.97 Å². The Morgan fingerprint density at radius 1 is 1.45 bits per heavy atom. The van der Waals surface area contributed by atoms with Crippen molar-refractivity contribution in [3.63, 3.8) is 0 Å². The van der Waals surface area contributed by atoms with Gasteiger partial charge in [0.1, 0.15) is 11.9 Å². The van der Waals surface area contributed by atoms with Gasteiger partial charge in [-0.15, -0.1) is 4.40 Å². The Balaban J connectivity index is 2.15. The Morgan fingerprint density at radius 2 is 2.15 bits per heavy atom. The summed E-state index contributed by atoms with van der Waals surface area (Å²) in [5, 5.41) is 11.0. The molecule has 0 saturated heterocycles. The van der Waals surface area contributed by atoms with Gasteiger partial charge in [-0.3, -0.25) is 9.59 Å². The number of nitrogens with one attached hydrogen (secondary N) is 1. The van der Waals surface area contributed by atoms with Crippen LogP contribution in [-0.2, 0) is 19.6 Å². The monoisotopic (exact) mass is 299 g/mol. The Morgan fingerprint density at radius 3 is 2.80 bits per heavy atom. The second-order valence-corrected chi connectivity index (χ2v) is 6.13. The molecular formula is C11H13N3O5S. The average Bonchev–Trinajstić information content (AvgIpc) is 2.36. The molecule has 20 heavy (non-hydrogen) atoms. The summed E-state index contributed by atoms with van der Waals surface area (Å²) < 4.78 is 26.2. The molecule has 0 saturated carbocycles. The number of carbonyl (C=O) groups is 2. The molecule has 0 bridgehead atoms. The Hall–Kier alpha value is -2.16. The second-order valence-electron chi connectivity index (χ2n) is 4.38. The van der Waals surface area contributed by atoms with Gasteiger partial charge in [-0.25, -0.2) is 8.42 Å². The summed E-state index contributed by atoms with van der Waals surface area (Å²) >= 11 is 0. The van der Waals surface area contributed by atoms with Crippen LogP contribution in [0, 0.1) is 0 Å². The van der Waals surface area contributed by atoms with Crippen molar-refractivity contribution in [3.05, 3.63) is 23.9 Å². The normalized spacial score (nSPS) is 21.4. The molecule has 8 nitrogen and oxygen atoms in total. The van der Waals surface area contributed by atoms with E-state index in [1.54, 1.807) is 4.90 Å². The molecule has 2 N–H and O–H groups in total. The predicted molar refractivity (Wildman–Crippen MR) is 70.4 cm³/mol. The van der Waals surface area contributed by atoms with Crippen molar-refractivity contribution in [2.75, 3.05) is 12.3 Å². The molecule has 2 heterocycles. The van der Waals surface area contributed by atoms with E-state index in [0.717, 1.165) is 0 Å². The number of hydrogen-bond donors (Lipinski definition) is 2. The van der Waals surface area contributed by atoms with E-state index in [1.807, 2.05) is 0 Å². The van der Waals surface area contributed by atoms with E-state index in [1.165, 1.54) is 25.3 Å². The number of fused-ring (bicyclic) bond motifs is 1. The molecule has 0 unspecified atom stereocenters. The molecule has 0 radical (unpaired) electrons. The minimum absolute atomic E-state index is 0.124. The molecule has 1 atom stereocenters. The summed E-state index contributed by atoms with van der Waals surface area (Å²) in [6.07, 6.45) is 4.27. The number of carbonyl (C=O) groups excluding carboxylic acids is 1. The van der Waals surface area contributed by atoms with E-state index in [-0.39, 0.29) is 23.7 Å². The minimum atomic E-state index is -3.43. The van der Waals surface area contributed by atoms with Crippen molar-refractivity contribution >= 4 is 27.7 Å². The molecule has 0 aromatic rings. The van der Waals surface area contributed by atoms with Crippen LogP contribution in [0.1, 0.15) is 6.92 Å². The van der Waals surface area contributed by atoms with Gasteiger partial charge < -0.3 is 15.3 Å². The Kier molecular flexibility index (Phi) is 3.62. The highest BCUT2D eigenvalue weighted by molar-refractivity contribution is 7.90. The van der Waals surface area contributed by atoms with Gasteiger partial charge in [-0.1, -0.05) is 0 Å². The van der Waals surface area contributed by atoms with Crippen LogP contribution in [0.3, 0.4) is 0 Å². The van der Waals surface area contributed by atoms with Gasteiger partial charge in [0.25, 0.3) is 15.9 Å². The lowest BCUT2D eigenvalue weighted by atomic mass is 10.1. The first-order valence-corrected chi connectivity index (χ1v) is 7.42. The smallest absolute Gasteiger partial charge is 0.325 e. The number of hydrogen-bond acceptors (Lipinski definition) is 5. The van der Waals surface area contributed by atoms with Crippen LogP contribution in [0.15, 0.2) is 28.3 Å². The standard InChI is InChI=1S/C11H13N3O5S/c1-7(11(16)17)12-10(15)8-2-3-9-13-20(18,19)5-4-14(9)6-8/h2-3,6-7H,4-5H2,1H3,(H,12,15)(H,16,17)/t7-/m1/s1. The van der Waals surface area contributed by atoms with Crippen molar-refractivity contribution in [3.8, 4) is 0 Å². The van der Waals surface area contributed by atoms with E-state index < -0.39 is 27.9 Å². The first kappa shape index (κ1) is 14.3. The summed E-state index contributed by atoms with van der Waals surface area (Å²) in [7, 11) is -3.43. The van der Waals surface area contributed by atoms with E-state index in [0.29, 0.717) is 0 Å². The minimum Gasteiger partial charge on any atom is -0.480 e. The number of amidine groups is 1. The molecule has 9 heteroatoms. The fourth-order valence-electron chi connectivity index (χ4n) is 1.68. The third kappa shape index (κ3) is 3.05. The summed E-state index contributed by atoms with van der Waals surface area (Å²) in [4.78, 5) is 24.0. The summed E-state index contributed by atoms with van der Waals surface area (Å²) in [5.74, 6) is -1.55. The van der Waals surface area contributed by atoms with Gasteiger partial charge in [-0.05, 0) is 19.1 Å². The molecule has 0 fully saturated rings. The Bertz CT molecular complexity index is 647. The maximum Gasteiger partial charge on any atom is 0.325 e. The van der Waals surface area contributed by atoms with E-state index in [4.69, 9.17) is 5.11 Å². The predicted octanol–water partition coefficient (Wildman–Crippen LogP) is -0.927. The number of amides is 1. The zero-order valence-corrected chi connectivity index (χ0v) is 11.4. The fraction of sp³-hybridized carbons (Fsp3) is 0.364. The molecule has 1 amide bonds. The van der Waals surface area contributed by atoms with Gasteiger partial charge in [0.15, 0.2) is 0 Å². The van der Waals surface area contributed by atoms with Crippen LogP contribution >= 0.6 is 0 Å². The number of nitrogens with zero attached hydrogens (tertiary/aromatic N) is 2. The number of carboxylic acids is 1. The highest BCUT2D eigenvalue weighted by Gasteiger charge is 2.25. The van der Waals surface area contributed by atoms with Crippen molar-refractivity contribution < 1.29 is 23.1 Å². The van der Waals surface area contributed by atoms with Crippen molar-refractivity contribution in [2.45, 2.75) is 13.0 Å². The van der Waals surface area contributed by atoms with E-state index >= 15 is 0 Å². The molecule has 0 aromatic heterocycles. The first-order chi connectivity index (χ1) is 9.28. The highest BCUT2D eigenvalue weighted by atomic mass is 32.2. The molecule has 0 aliphatic carbocycles. The van der Waals surface area contributed by atoms with Crippen LogP contribution in [0.4, 0.5) is 0 Å². The summed E-state index contributed by atoms with van der Waals surface area (Å²) in [5.41, 5.74) is 0.247. The molecule has 2 aliphatic rings. The lowest BCUT2D eigenvalue weighted by Gasteiger charge is -2.27. The van der Waals surface area contributed by atoms with Crippen LogP contribution in [0.2, 0.25) is 0 Å². The molecule has 108 valence electrons. The van der Waals surface area contributed by atoms with Crippen molar-refractivity contribution in [1.29, 1.82) is 0 Å². The number of sulfonamides is 1. The number of carboxylic acid groups (broad SMARTS) is 1. The summed E-state index contributed by atoms with van der Waals surface area (Å²) in [6, 6.07) is -1.01. The lowest BCUT2D eigenvalue weighted by Crippen LogP contribution is -2.41. The molecular weight excluding hydrogens is 286 g/mol. The van der Waals surface area contributed by atoms with Gasteiger partial charge in [-0.2, -0.15) is 0 Å². The van der Waals surface area contributed by atoms with Crippen molar-refractivity contribution in [2.24, 2.45) is 4.40 Å². The van der Waals surface area contributed by atoms with Gasteiger partial charge in [0.2, 0.25) is 0 Å². The zero-order valence-electron chi connectivity index (χ0n) is 10.6. The largest absolute Gasteiger partial charge is 0.480 e. The number of rotatable bonds is 3. The molecule has 2 rings (SSSR count). The maximum absolute atomic E-state index is 11.8. The van der Waals surface area contributed by atoms with E-state index in [9.17, 15) is 18.0 Å². The first-order valence-electron chi connectivity index (χ1n) is 5.81. The van der Waals surface area contributed by atoms with E-state index in [2.05, 4.69) is 9.71 Å². The third-order valence-electron chi connectivity index (χ3n) is 2.80. The third-order valence-corrected chi connectivity index (χ3v) is 3.97. The van der Waals surface area contributed by atoms with Crippen LogP contribution < -0.4 is 5.32 Å². The average molecular weight is 299 g/mol. The molecule has 0 aromatic carbocycles. The number of aliphatic carboxylic acids is 1. The second kappa shape index (κ2) is 5.08. The van der Waals surface area contributed by atoms with Crippen molar-refractivity contribution in [1.82, 2.24) is 10.2 Å². The van der Waals surface area contributed by atoms with Crippen LogP contribution in [0.5, 0.6) is 0 Å². The Labute approximate surface area is 115 Å². The quantitative estimate of drug-likeness (QED) is 0.695. The summed E-state index contributed by atoms with van der Waals surface area (Å²) in [6.45, 7) is 1.56. The topological polar surface area (TPSA) is 116 Å². The maximum atomic E-state index is 11.8. The van der Waals surface area contributed by atoms with Gasteiger partial charge in [0, 0.05) is 12.7 Å².